The summed E-state index contributed by atoms with van der Waals surface area (Å²) in [6.45, 7) is 3.46. The number of halogens is 3. The van der Waals surface area contributed by atoms with Crippen LogP contribution in [0.3, 0.4) is 0 Å². The van der Waals surface area contributed by atoms with Crippen LogP contribution in [0.4, 0.5) is 18.3 Å². The van der Waals surface area contributed by atoms with Crippen LogP contribution in [-0.2, 0) is 15.8 Å². The van der Waals surface area contributed by atoms with Crippen molar-refractivity contribution in [1.82, 2.24) is 9.97 Å². The van der Waals surface area contributed by atoms with E-state index in [1.165, 1.54) is 12.3 Å². The van der Waals surface area contributed by atoms with Crippen LogP contribution in [0.1, 0.15) is 27.2 Å². The molecule has 0 fully saturated rings. The van der Waals surface area contributed by atoms with Crippen LogP contribution in [0.5, 0.6) is 0 Å². The zero-order valence-corrected chi connectivity index (χ0v) is 16.0. The molecule has 6 nitrogen and oxygen atoms in total. The Bertz CT molecular complexity index is 1060. The number of nitrogens with one attached hydrogen (secondary N) is 1. The Morgan fingerprint density at radius 2 is 1.86 bits per heavy atom. The van der Waals surface area contributed by atoms with Crippen molar-refractivity contribution in [2.45, 2.75) is 20.0 Å². The van der Waals surface area contributed by atoms with E-state index < -0.39 is 11.7 Å². The van der Waals surface area contributed by atoms with Crippen molar-refractivity contribution >= 4 is 28.5 Å². The smallest absolute Gasteiger partial charge is 0.298 e. The molecule has 0 aliphatic rings. The molecule has 1 amide bonds. The summed E-state index contributed by atoms with van der Waals surface area (Å²) in [6.07, 6.45) is -1.07. The number of anilines is 1. The highest BCUT2D eigenvalue weighted by atomic mass is 32.1. The van der Waals surface area contributed by atoms with Gasteiger partial charge in [0.25, 0.3) is 5.91 Å². The number of hydrogen-bond donors (Lipinski definition) is 1. The Balaban J connectivity index is 0.000000941. The minimum atomic E-state index is -4.41. The van der Waals surface area contributed by atoms with Gasteiger partial charge < -0.3 is 0 Å². The molecule has 2 aromatic heterocycles. The van der Waals surface area contributed by atoms with E-state index in [4.69, 9.17) is 9.59 Å². The molecule has 3 aromatic rings. The molecule has 0 atom stereocenters. The van der Waals surface area contributed by atoms with Gasteiger partial charge in [0.1, 0.15) is 0 Å². The molecule has 0 saturated heterocycles. The van der Waals surface area contributed by atoms with Crippen molar-refractivity contribution in [3.63, 3.8) is 0 Å². The first-order chi connectivity index (χ1) is 13.7. The number of carbonyl (C=O) groups excluding carboxylic acids is 3. The molecule has 0 radical (unpaired) electrons. The van der Waals surface area contributed by atoms with Crippen molar-refractivity contribution in [1.29, 1.82) is 0 Å². The highest BCUT2D eigenvalue weighted by molar-refractivity contribution is 7.19. The molecule has 0 aliphatic heterocycles. The van der Waals surface area contributed by atoms with Gasteiger partial charge in [-0.25, -0.2) is 4.98 Å². The Kier molecular flexibility index (Phi) is 6.98. The number of alkyl halides is 3. The van der Waals surface area contributed by atoms with Crippen LogP contribution < -0.4 is 5.32 Å². The Morgan fingerprint density at radius 3 is 2.48 bits per heavy atom. The second kappa shape index (κ2) is 9.22. The maximum Gasteiger partial charge on any atom is 0.416 e. The fraction of sp³-hybridized carbons (Fsp3) is 0.158. The van der Waals surface area contributed by atoms with Gasteiger partial charge in [0.05, 0.1) is 16.1 Å². The zero-order valence-electron chi connectivity index (χ0n) is 15.2. The Morgan fingerprint density at radius 1 is 1.17 bits per heavy atom. The third-order valence-corrected chi connectivity index (χ3v) is 4.86. The lowest BCUT2D eigenvalue weighted by Gasteiger charge is -2.08. The van der Waals surface area contributed by atoms with Crippen LogP contribution in [0.25, 0.3) is 10.4 Å². The van der Waals surface area contributed by atoms with E-state index in [2.05, 4.69) is 15.3 Å². The van der Waals surface area contributed by atoms with Crippen molar-refractivity contribution in [2.75, 3.05) is 5.32 Å². The molecular formula is C19H14F3N3O3S. The van der Waals surface area contributed by atoms with Crippen molar-refractivity contribution in [2.24, 2.45) is 0 Å². The number of carbonyl (C=O) groups is 1. The number of pyridine rings is 1. The van der Waals surface area contributed by atoms with E-state index in [1.54, 1.807) is 32.2 Å². The van der Waals surface area contributed by atoms with E-state index >= 15 is 0 Å². The van der Waals surface area contributed by atoms with Gasteiger partial charge in [-0.3, -0.25) is 15.1 Å². The predicted molar refractivity (Wildman–Crippen MR) is 99.2 cm³/mol. The molecule has 2 heterocycles. The largest absolute Gasteiger partial charge is 0.416 e. The maximum absolute atomic E-state index is 12.9. The van der Waals surface area contributed by atoms with Crippen molar-refractivity contribution in [3.05, 3.63) is 65.1 Å². The molecule has 0 bridgehead atoms. The molecule has 150 valence electrons. The van der Waals surface area contributed by atoms with Gasteiger partial charge in [0, 0.05) is 18.0 Å². The van der Waals surface area contributed by atoms with E-state index in [0.717, 1.165) is 29.0 Å². The second-order valence-corrected chi connectivity index (χ2v) is 6.74. The average molecular weight is 421 g/mol. The average Bonchev–Trinajstić information content (AvgIpc) is 3.02. The van der Waals surface area contributed by atoms with Gasteiger partial charge in [0.2, 0.25) is 0 Å². The summed E-state index contributed by atoms with van der Waals surface area (Å²) < 4.78 is 38.7. The molecular weight excluding hydrogens is 407 g/mol. The lowest BCUT2D eigenvalue weighted by molar-refractivity contribution is -0.191. The molecule has 1 aromatic carbocycles. The predicted octanol–water partition coefficient (Wildman–Crippen LogP) is 4.51. The van der Waals surface area contributed by atoms with Crippen LogP contribution in [0.2, 0.25) is 0 Å². The van der Waals surface area contributed by atoms with Crippen LogP contribution in [-0.4, -0.2) is 22.0 Å². The van der Waals surface area contributed by atoms with Crippen LogP contribution in [0.15, 0.2) is 42.7 Å². The number of amides is 1. The lowest BCUT2D eigenvalue weighted by Crippen LogP contribution is -2.13. The van der Waals surface area contributed by atoms with Gasteiger partial charge in [-0.2, -0.15) is 22.8 Å². The molecule has 3 rings (SSSR count). The van der Waals surface area contributed by atoms with Crippen LogP contribution >= 0.6 is 11.3 Å². The SMILES string of the molecule is Cc1cnccc1C(=O)Nc1nc(C)c(-c2cccc(C(F)(F)F)c2)s1.O=C=O. The van der Waals surface area contributed by atoms with Crippen molar-refractivity contribution < 1.29 is 27.6 Å². The topological polar surface area (TPSA) is 89.0 Å². The summed E-state index contributed by atoms with van der Waals surface area (Å²) in [5, 5.41) is 3.02. The molecule has 0 saturated carbocycles. The first-order valence-electron chi connectivity index (χ1n) is 8.03. The molecule has 0 aliphatic carbocycles. The molecule has 10 heteroatoms. The third kappa shape index (κ3) is 5.56. The maximum atomic E-state index is 12.9. The summed E-state index contributed by atoms with van der Waals surface area (Å²) in [5.41, 5.74) is 1.43. The fourth-order valence-electron chi connectivity index (χ4n) is 2.45. The van der Waals surface area contributed by atoms with Gasteiger partial charge in [0.15, 0.2) is 5.13 Å². The highest BCUT2D eigenvalue weighted by Crippen LogP contribution is 2.36. The summed E-state index contributed by atoms with van der Waals surface area (Å²) in [7, 11) is 0. The Hall–Kier alpha value is -3.36. The number of nitrogens with zero attached hydrogens (tertiary/aromatic N) is 2. The molecule has 29 heavy (non-hydrogen) atoms. The molecule has 0 spiro atoms. The number of benzene rings is 1. The summed E-state index contributed by atoms with van der Waals surface area (Å²) in [4.78, 5) is 37.4. The summed E-state index contributed by atoms with van der Waals surface area (Å²) in [5.74, 6) is -0.339. The quantitative estimate of drug-likeness (QED) is 0.672. The Labute approximate surface area is 167 Å². The fourth-order valence-corrected chi connectivity index (χ4v) is 3.40. The van der Waals surface area contributed by atoms with Gasteiger partial charge >= 0.3 is 12.3 Å². The summed E-state index contributed by atoms with van der Waals surface area (Å²) >= 11 is 1.13. The monoisotopic (exact) mass is 421 g/mol. The highest BCUT2D eigenvalue weighted by Gasteiger charge is 2.30. The second-order valence-electron chi connectivity index (χ2n) is 5.74. The standard InChI is InChI=1S/C18H14F3N3OS.CO2/c1-10-9-22-7-6-14(10)16(25)24-17-23-11(2)15(26-17)12-4-3-5-13(8-12)18(19,20)21;2-1-3/h3-9H,1-2H3,(H,23,24,25);. The number of hydrogen-bond acceptors (Lipinski definition) is 6. The first-order valence-corrected chi connectivity index (χ1v) is 8.85. The number of rotatable bonds is 3. The van der Waals surface area contributed by atoms with Gasteiger partial charge in [-0.1, -0.05) is 23.5 Å². The zero-order chi connectivity index (χ0) is 21.6. The molecule has 0 unspecified atom stereocenters. The minimum Gasteiger partial charge on any atom is -0.298 e. The van der Waals surface area contributed by atoms with Gasteiger partial charge in [-0.15, -0.1) is 0 Å². The number of aromatic nitrogens is 2. The number of thiazole rings is 1. The first kappa shape index (κ1) is 21.9. The van der Waals surface area contributed by atoms with Gasteiger partial charge in [-0.05, 0) is 43.2 Å². The molecule has 1 N–H and O–H groups in total. The van der Waals surface area contributed by atoms with Crippen molar-refractivity contribution in [3.8, 4) is 10.4 Å². The van der Waals surface area contributed by atoms with Crippen LogP contribution in [0, 0.1) is 13.8 Å². The van der Waals surface area contributed by atoms with E-state index in [1.807, 2.05) is 0 Å². The van der Waals surface area contributed by atoms with E-state index in [0.29, 0.717) is 26.8 Å². The van der Waals surface area contributed by atoms with E-state index in [9.17, 15) is 18.0 Å². The van der Waals surface area contributed by atoms with E-state index in [-0.39, 0.29) is 12.1 Å². The lowest BCUT2D eigenvalue weighted by atomic mass is 10.1. The number of aryl methyl sites for hydroxylation is 2. The normalized spacial score (nSPS) is 10.5. The minimum absolute atomic E-state index is 0.250. The summed E-state index contributed by atoms with van der Waals surface area (Å²) in [6, 6.07) is 6.65. The third-order valence-electron chi connectivity index (χ3n) is 3.73.